The second-order valence-electron chi connectivity index (χ2n) is 3.00. The van der Waals surface area contributed by atoms with Crippen molar-refractivity contribution in [3.8, 4) is 0 Å². The fourth-order valence-electron chi connectivity index (χ4n) is 1.29. The van der Waals surface area contributed by atoms with Gasteiger partial charge in [0.2, 0.25) is 0 Å². The molecular formula is C9H10F2N2O2. The first-order chi connectivity index (χ1) is 6.97. The van der Waals surface area contributed by atoms with Crippen molar-refractivity contribution in [1.29, 1.82) is 0 Å². The maximum atomic E-state index is 12.5. The van der Waals surface area contributed by atoms with Crippen molar-refractivity contribution in [2.45, 2.75) is 19.9 Å². The highest BCUT2D eigenvalue weighted by Gasteiger charge is 2.22. The zero-order valence-electron chi connectivity index (χ0n) is 8.00. The monoisotopic (exact) mass is 216 g/mol. The molecule has 0 saturated heterocycles. The second-order valence-corrected chi connectivity index (χ2v) is 3.00. The van der Waals surface area contributed by atoms with E-state index in [4.69, 9.17) is 10.8 Å². The molecule has 3 N–H and O–H groups in total. The van der Waals surface area contributed by atoms with Crippen molar-refractivity contribution in [2.75, 3.05) is 0 Å². The maximum Gasteiger partial charge on any atom is 0.355 e. The minimum absolute atomic E-state index is 0.0185. The van der Waals surface area contributed by atoms with Crippen molar-refractivity contribution in [3.05, 3.63) is 28.6 Å². The van der Waals surface area contributed by atoms with Crippen molar-refractivity contribution < 1.29 is 18.7 Å². The minimum atomic E-state index is -2.85. The molecule has 0 saturated carbocycles. The topological polar surface area (TPSA) is 76.2 Å². The molecule has 6 heteroatoms. The number of alkyl halides is 2. The van der Waals surface area contributed by atoms with Crippen LogP contribution in [0.3, 0.4) is 0 Å². The number of halogens is 2. The van der Waals surface area contributed by atoms with Crippen LogP contribution >= 0.6 is 0 Å². The first-order valence-electron chi connectivity index (χ1n) is 4.19. The molecule has 0 aliphatic rings. The van der Waals surface area contributed by atoms with E-state index in [0.717, 1.165) is 0 Å². The van der Waals surface area contributed by atoms with Gasteiger partial charge in [-0.15, -0.1) is 0 Å². The van der Waals surface area contributed by atoms with Gasteiger partial charge in [0.25, 0.3) is 6.43 Å². The fraction of sp³-hybridized carbons (Fsp3) is 0.333. The molecule has 4 nitrogen and oxygen atoms in total. The molecule has 0 atom stereocenters. The number of nitrogens with zero attached hydrogens (tertiary/aromatic N) is 1. The second kappa shape index (κ2) is 4.31. The molecule has 1 heterocycles. The molecule has 0 aliphatic carbocycles. The van der Waals surface area contributed by atoms with Gasteiger partial charge in [-0.05, 0) is 18.6 Å². The van der Waals surface area contributed by atoms with E-state index in [1.807, 2.05) is 0 Å². The Kier molecular flexibility index (Phi) is 3.31. The van der Waals surface area contributed by atoms with Gasteiger partial charge in [0, 0.05) is 6.54 Å². The van der Waals surface area contributed by atoms with Crippen LogP contribution in [0.15, 0.2) is 6.07 Å². The van der Waals surface area contributed by atoms with Gasteiger partial charge < -0.3 is 10.8 Å². The van der Waals surface area contributed by atoms with E-state index >= 15 is 0 Å². The smallest absolute Gasteiger partial charge is 0.355 e. The van der Waals surface area contributed by atoms with Gasteiger partial charge in [-0.3, -0.25) is 0 Å². The lowest BCUT2D eigenvalue weighted by atomic mass is 10.1. The number of pyridine rings is 1. The Labute approximate surface area is 84.7 Å². The van der Waals surface area contributed by atoms with Crippen molar-refractivity contribution >= 4 is 5.97 Å². The van der Waals surface area contributed by atoms with E-state index in [2.05, 4.69) is 4.98 Å². The molecule has 0 aliphatic heterocycles. The Morgan fingerprint density at radius 1 is 1.67 bits per heavy atom. The van der Waals surface area contributed by atoms with E-state index in [-0.39, 0.29) is 17.8 Å². The third-order valence-electron chi connectivity index (χ3n) is 1.95. The van der Waals surface area contributed by atoms with Crippen molar-refractivity contribution in [3.63, 3.8) is 0 Å². The third kappa shape index (κ3) is 2.27. The molecular weight excluding hydrogens is 206 g/mol. The van der Waals surface area contributed by atoms with Crippen LogP contribution in [0.1, 0.15) is 33.7 Å². The van der Waals surface area contributed by atoms with Crippen LogP contribution in [0.25, 0.3) is 0 Å². The molecule has 0 aromatic carbocycles. The standard InChI is InChI=1S/C9H10F2N2O2/c1-4-2-5(3-12)13-7(9(14)15)6(4)8(10)11/h2,8H,3,12H2,1H3,(H,14,15). The zero-order valence-corrected chi connectivity index (χ0v) is 8.00. The molecule has 0 amide bonds. The quantitative estimate of drug-likeness (QED) is 0.802. The van der Waals surface area contributed by atoms with Crippen LogP contribution in [-0.4, -0.2) is 16.1 Å². The molecule has 82 valence electrons. The SMILES string of the molecule is Cc1cc(CN)nc(C(=O)O)c1C(F)F. The number of nitrogens with two attached hydrogens (primary N) is 1. The molecule has 1 rings (SSSR count). The number of hydrogen-bond donors (Lipinski definition) is 2. The van der Waals surface area contributed by atoms with E-state index in [1.54, 1.807) is 0 Å². The number of hydrogen-bond acceptors (Lipinski definition) is 3. The Bertz CT molecular complexity index is 394. The lowest BCUT2D eigenvalue weighted by molar-refractivity contribution is 0.0676. The predicted molar refractivity (Wildman–Crippen MR) is 48.8 cm³/mol. The zero-order chi connectivity index (χ0) is 11.6. The number of carboxylic acids is 1. The first-order valence-corrected chi connectivity index (χ1v) is 4.19. The molecule has 15 heavy (non-hydrogen) atoms. The van der Waals surface area contributed by atoms with Crippen LogP contribution < -0.4 is 5.73 Å². The van der Waals surface area contributed by atoms with Gasteiger partial charge in [-0.25, -0.2) is 18.6 Å². The number of aryl methyl sites for hydroxylation is 1. The van der Waals surface area contributed by atoms with Gasteiger partial charge in [-0.1, -0.05) is 0 Å². The molecule has 1 aromatic rings. The van der Waals surface area contributed by atoms with E-state index < -0.39 is 23.7 Å². The van der Waals surface area contributed by atoms with E-state index in [0.29, 0.717) is 0 Å². The van der Waals surface area contributed by atoms with Crippen molar-refractivity contribution in [2.24, 2.45) is 5.73 Å². The summed E-state index contributed by atoms with van der Waals surface area (Å²) in [6.45, 7) is 1.43. The number of rotatable bonds is 3. The molecule has 0 unspecified atom stereocenters. The molecule has 0 spiro atoms. The number of carbonyl (C=O) groups is 1. The minimum Gasteiger partial charge on any atom is -0.476 e. The number of aromatic nitrogens is 1. The Balaban J connectivity index is 3.42. The number of carboxylic acid groups (broad SMARTS) is 1. The normalized spacial score (nSPS) is 10.7. The molecule has 0 radical (unpaired) electrons. The summed E-state index contributed by atoms with van der Waals surface area (Å²) < 4.78 is 25.1. The third-order valence-corrected chi connectivity index (χ3v) is 1.95. The van der Waals surface area contributed by atoms with Gasteiger partial charge in [0.05, 0.1) is 11.3 Å². The van der Waals surface area contributed by atoms with E-state index in [9.17, 15) is 13.6 Å². The van der Waals surface area contributed by atoms with Gasteiger partial charge in [0.15, 0.2) is 5.69 Å². The summed E-state index contributed by atoms with van der Waals surface area (Å²) in [4.78, 5) is 14.3. The Hall–Kier alpha value is -1.56. The number of aromatic carboxylic acids is 1. The maximum absolute atomic E-state index is 12.5. The van der Waals surface area contributed by atoms with Crippen LogP contribution in [0.5, 0.6) is 0 Å². The summed E-state index contributed by atoms with van der Waals surface area (Å²) in [7, 11) is 0. The van der Waals surface area contributed by atoms with Gasteiger partial charge in [0.1, 0.15) is 0 Å². The van der Waals surface area contributed by atoms with Crippen LogP contribution in [0.2, 0.25) is 0 Å². The van der Waals surface area contributed by atoms with Gasteiger partial charge >= 0.3 is 5.97 Å². The highest BCUT2D eigenvalue weighted by Crippen LogP contribution is 2.26. The first kappa shape index (κ1) is 11.5. The molecule has 0 bridgehead atoms. The highest BCUT2D eigenvalue weighted by atomic mass is 19.3. The summed E-state index contributed by atoms with van der Waals surface area (Å²) in [5.74, 6) is -1.47. The van der Waals surface area contributed by atoms with Crippen LogP contribution in [0.4, 0.5) is 8.78 Å². The molecule has 1 aromatic heterocycles. The van der Waals surface area contributed by atoms with Crippen LogP contribution in [-0.2, 0) is 6.54 Å². The summed E-state index contributed by atoms with van der Waals surface area (Å²) in [6.07, 6.45) is -2.85. The fourth-order valence-corrected chi connectivity index (χ4v) is 1.29. The van der Waals surface area contributed by atoms with Crippen LogP contribution in [0, 0.1) is 6.92 Å². The lowest BCUT2D eigenvalue weighted by Crippen LogP contribution is -2.12. The lowest BCUT2D eigenvalue weighted by Gasteiger charge is -2.09. The summed E-state index contributed by atoms with van der Waals surface area (Å²) in [5.41, 5.74) is 4.59. The summed E-state index contributed by atoms with van der Waals surface area (Å²) in [6, 6.07) is 1.37. The summed E-state index contributed by atoms with van der Waals surface area (Å²) >= 11 is 0. The predicted octanol–water partition coefficient (Wildman–Crippen LogP) is 1.48. The Morgan fingerprint density at radius 3 is 2.67 bits per heavy atom. The van der Waals surface area contributed by atoms with Gasteiger partial charge in [-0.2, -0.15) is 0 Å². The van der Waals surface area contributed by atoms with Crippen molar-refractivity contribution in [1.82, 2.24) is 4.98 Å². The average Bonchev–Trinajstić information content (AvgIpc) is 2.15. The van der Waals surface area contributed by atoms with E-state index in [1.165, 1.54) is 13.0 Å². The molecule has 0 fully saturated rings. The highest BCUT2D eigenvalue weighted by molar-refractivity contribution is 5.87. The average molecular weight is 216 g/mol. The summed E-state index contributed by atoms with van der Waals surface area (Å²) in [5, 5.41) is 8.72. The Morgan fingerprint density at radius 2 is 2.27 bits per heavy atom. The largest absolute Gasteiger partial charge is 0.476 e.